The van der Waals surface area contributed by atoms with Crippen molar-refractivity contribution in [3.8, 4) is 0 Å². The van der Waals surface area contributed by atoms with Crippen LogP contribution in [0.2, 0.25) is 0 Å². The second kappa shape index (κ2) is 5.38. The Morgan fingerprint density at radius 1 is 1.21 bits per heavy atom. The molecule has 14 heavy (non-hydrogen) atoms. The van der Waals surface area contributed by atoms with Crippen LogP contribution in [0, 0.1) is 5.41 Å². The van der Waals surface area contributed by atoms with E-state index in [0.29, 0.717) is 11.8 Å². The molecule has 0 bridgehead atoms. The molecule has 0 aliphatic heterocycles. The number of carbonyl (C=O) groups is 1. The van der Waals surface area contributed by atoms with Crippen LogP contribution in [0.4, 0.5) is 0 Å². The lowest BCUT2D eigenvalue weighted by molar-refractivity contribution is -0.137. The number of carboxylic acid groups (broad SMARTS) is 1. The predicted octanol–water partition coefficient (Wildman–Crippen LogP) is 3.60. The second-order valence-electron chi connectivity index (χ2n) is 4.97. The highest BCUT2D eigenvalue weighted by Crippen LogP contribution is 2.39. The van der Waals surface area contributed by atoms with Gasteiger partial charge in [-0.15, -0.1) is 0 Å². The van der Waals surface area contributed by atoms with Gasteiger partial charge in [-0.05, 0) is 31.1 Å². The summed E-state index contributed by atoms with van der Waals surface area (Å²) >= 11 is 0. The first-order valence-electron chi connectivity index (χ1n) is 5.84. The van der Waals surface area contributed by atoms with Crippen molar-refractivity contribution < 1.29 is 9.90 Å². The van der Waals surface area contributed by atoms with E-state index in [0.717, 1.165) is 12.8 Å². The molecule has 1 N–H and O–H groups in total. The summed E-state index contributed by atoms with van der Waals surface area (Å²) in [6.45, 7) is 2.37. The van der Waals surface area contributed by atoms with Gasteiger partial charge >= 0.3 is 5.97 Å². The van der Waals surface area contributed by atoms with Crippen molar-refractivity contribution in [2.45, 2.75) is 64.7 Å². The quantitative estimate of drug-likeness (QED) is 0.685. The summed E-state index contributed by atoms with van der Waals surface area (Å²) in [6.07, 6.45) is 10.3. The summed E-state index contributed by atoms with van der Waals surface area (Å²) in [5.74, 6) is -0.654. The molecule has 1 aliphatic rings. The maximum Gasteiger partial charge on any atom is 0.303 e. The van der Waals surface area contributed by atoms with Crippen molar-refractivity contribution in [3.63, 3.8) is 0 Å². The Bertz CT molecular complexity index is 181. The Morgan fingerprint density at radius 3 is 2.43 bits per heavy atom. The van der Waals surface area contributed by atoms with Gasteiger partial charge in [-0.3, -0.25) is 4.79 Å². The van der Waals surface area contributed by atoms with E-state index in [2.05, 4.69) is 6.92 Å². The topological polar surface area (TPSA) is 37.3 Å². The highest BCUT2D eigenvalue weighted by molar-refractivity contribution is 5.66. The molecule has 1 rings (SSSR count). The maximum absolute atomic E-state index is 10.3. The van der Waals surface area contributed by atoms with Crippen molar-refractivity contribution in [2.24, 2.45) is 5.41 Å². The Labute approximate surface area is 86.7 Å². The van der Waals surface area contributed by atoms with Crippen molar-refractivity contribution in [1.29, 1.82) is 0 Å². The molecule has 82 valence electrons. The van der Waals surface area contributed by atoms with E-state index >= 15 is 0 Å². The number of unbranched alkanes of at least 4 members (excludes halogenated alkanes) is 1. The fourth-order valence-corrected chi connectivity index (χ4v) is 2.48. The van der Waals surface area contributed by atoms with E-state index in [-0.39, 0.29) is 0 Å². The molecular weight excluding hydrogens is 176 g/mol. The second-order valence-corrected chi connectivity index (χ2v) is 4.97. The fraction of sp³-hybridized carbons (Fsp3) is 0.917. The SMILES string of the molecule is CC1(CCCCC(=O)O)CCCCC1. The van der Waals surface area contributed by atoms with Crippen LogP contribution in [0.3, 0.4) is 0 Å². The Morgan fingerprint density at radius 2 is 1.86 bits per heavy atom. The van der Waals surface area contributed by atoms with Crippen LogP contribution >= 0.6 is 0 Å². The van der Waals surface area contributed by atoms with E-state index in [1.807, 2.05) is 0 Å². The van der Waals surface area contributed by atoms with Gasteiger partial charge in [-0.1, -0.05) is 32.6 Å². The molecule has 0 aromatic carbocycles. The summed E-state index contributed by atoms with van der Waals surface area (Å²) in [5, 5.41) is 8.51. The lowest BCUT2D eigenvalue weighted by Gasteiger charge is -2.33. The molecule has 1 aliphatic carbocycles. The Kier molecular flexibility index (Phi) is 4.43. The molecule has 1 saturated carbocycles. The maximum atomic E-state index is 10.3. The van der Waals surface area contributed by atoms with E-state index < -0.39 is 5.97 Å². The van der Waals surface area contributed by atoms with Crippen LogP contribution in [0.1, 0.15) is 64.7 Å². The lowest BCUT2D eigenvalue weighted by Crippen LogP contribution is -2.19. The molecule has 0 amide bonds. The van der Waals surface area contributed by atoms with Crippen LogP contribution in [0.25, 0.3) is 0 Å². The number of hydrogen-bond donors (Lipinski definition) is 1. The van der Waals surface area contributed by atoms with Gasteiger partial charge < -0.3 is 5.11 Å². The van der Waals surface area contributed by atoms with Crippen molar-refractivity contribution >= 4 is 5.97 Å². The zero-order valence-electron chi connectivity index (χ0n) is 9.22. The summed E-state index contributed by atoms with van der Waals surface area (Å²) in [4.78, 5) is 10.3. The van der Waals surface area contributed by atoms with Gasteiger partial charge in [-0.2, -0.15) is 0 Å². The summed E-state index contributed by atoms with van der Waals surface area (Å²) < 4.78 is 0. The van der Waals surface area contributed by atoms with Crippen LogP contribution in [0.15, 0.2) is 0 Å². The number of aliphatic carboxylic acids is 1. The standard InChI is InChI=1S/C12H22O2/c1-12(8-4-2-5-9-12)10-6-3-7-11(13)14/h2-10H2,1H3,(H,13,14). The molecule has 0 aromatic heterocycles. The van der Waals surface area contributed by atoms with Crippen molar-refractivity contribution in [2.75, 3.05) is 0 Å². The van der Waals surface area contributed by atoms with Crippen LogP contribution in [0.5, 0.6) is 0 Å². The summed E-state index contributed by atoms with van der Waals surface area (Å²) in [5.41, 5.74) is 0.525. The van der Waals surface area contributed by atoms with Gasteiger partial charge in [-0.25, -0.2) is 0 Å². The molecule has 2 nitrogen and oxygen atoms in total. The third-order valence-electron chi connectivity index (χ3n) is 3.48. The molecule has 1 fully saturated rings. The smallest absolute Gasteiger partial charge is 0.303 e. The summed E-state index contributed by atoms with van der Waals surface area (Å²) in [6, 6.07) is 0. The van der Waals surface area contributed by atoms with Gasteiger partial charge in [0.1, 0.15) is 0 Å². The molecule has 0 saturated heterocycles. The molecule has 0 heterocycles. The van der Waals surface area contributed by atoms with Gasteiger partial charge in [0.05, 0.1) is 0 Å². The van der Waals surface area contributed by atoms with Gasteiger partial charge in [0.25, 0.3) is 0 Å². The van der Waals surface area contributed by atoms with Crippen LogP contribution in [-0.4, -0.2) is 11.1 Å². The van der Waals surface area contributed by atoms with Crippen LogP contribution < -0.4 is 0 Å². The van der Waals surface area contributed by atoms with E-state index in [9.17, 15) is 4.79 Å². The summed E-state index contributed by atoms with van der Waals surface area (Å²) in [7, 11) is 0. The first-order chi connectivity index (χ1) is 6.62. The van der Waals surface area contributed by atoms with Gasteiger partial charge in [0.15, 0.2) is 0 Å². The first kappa shape index (κ1) is 11.5. The highest BCUT2D eigenvalue weighted by Gasteiger charge is 2.25. The number of carboxylic acids is 1. The molecule has 2 heteroatoms. The molecule has 0 atom stereocenters. The predicted molar refractivity (Wildman–Crippen MR) is 57.3 cm³/mol. The van der Waals surface area contributed by atoms with E-state index in [1.165, 1.54) is 38.5 Å². The van der Waals surface area contributed by atoms with Gasteiger partial charge in [0.2, 0.25) is 0 Å². The molecular formula is C12H22O2. The third-order valence-corrected chi connectivity index (χ3v) is 3.48. The fourth-order valence-electron chi connectivity index (χ4n) is 2.48. The van der Waals surface area contributed by atoms with E-state index in [1.54, 1.807) is 0 Å². The zero-order chi connectivity index (χ0) is 10.4. The number of hydrogen-bond acceptors (Lipinski definition) is 1. The number of rotatable bonds is 5. The first-order valence-corrected chi connectivity index (χ1v) is 5.84. The van der Waals surface area contributed by atoms with Crippen molar-refractivity contribution in [1.82, 2.24) is 0 Å². The lowest BCUT2D eigenvalue weighted by atomic mass is 9.72. The Hall–Kier alpha value is -0.530. The van der Waals surface area contributed by atoms with E-state index in [4.69, 9.17) is 5.11 Å². The van der Waals surface area contributed by atoms with Gasteiger partial charge in [0, 0.05) is 6.42 Å². The molecule has 0 spiro atoms. The molecule has 0 unspecified atom stereocenters. The minimum atomic E-state index is -0.654. The zero-order valence-corrected chi connectivity index (χ0v) is 9.22. The third kappa shape index (κ3) is 4.12. The van der Waals surface area contributed by atoms with Crippen LogP contribution in [-0.2, 0) is 4.79 Å². The average molecular weight is 198 g/mol. The minimum absolute atomic E-state index is 0.343. The van der Waals surface area contributed by atoms with Crippen molar-refractivity contribution in [3.05, 3.63) is 0 Å². The molecule has 0 aromatic rings. The molecule has 0 radical (unpaired) electrons. The minimum Gasteiger partial charge on any atom is -0.481 e. The normalized spacial score (nSPS) is 20.6. The highest BCUT2D eigenvalue weighted by atomic mass is 16.4. The Balaban J connectivity index is 2.12. The average Bonchev–Trinajstić information content (AvgIpc) is 2.14. The monoisotopic (exact) mass is 198 g/mol. The largest absolute Gasteiger partial charge is 0.481 e.